The van der Waals surface area contributed by atoms with Crippen LogP contribution in [0.3, 0.4) is 0 Å². The molecule has 1 aliphatic rings. The average Bonchev–Trinajstić information content (AvgIpc) is 2.34. The van der Waals surface area contributed by atoms with Crippen LogP contribution in [0.2, 0.25) is 0 Å². The van der Waals surface area contributed by atoms with E-state index in [1.807, 2.05) is 0 Å². The Kier molecular flexibility index (Phi) is 0.917. The maximum atomic E-state index is 10.8. The number of amides is 1. The minimum absolute atomic E-state index is 0.260. The third-order valence-corrected chi connectivity index (χ3v) is 1.32. The molecule has 0 bridgehead atoms. The van der Waals surface area contributed by atoms with E-state index in [-0.39, 0.29) is 5.91 Å². The molecule has 0 saturated carbocycles. The predicted molar refractivity (Wildman–Crippen MR) is 34.1 cm³/mol. The molecule has 0 N–H and O–H groups in total. The van der Waals surface area contributed by atoms with E-state index in [2.05, 4.69) is 16.3 Å². The molecule has 1 aromatic rings. The molecule has 1 amide bonds. The Balaban J connectivity index is 2.70. The van der Waals surface area contributed by atoms with Crippen LogP contribution in [0.5, 0.6) is 0 Å². The van der Waals surface area contributed by atoms with Gasteiger partial charge in [-0.3, -0.25) is 4.79 Å². The van der Waals surface area contributed by atoms with E-state index in [0.29, 0.717) is 11.3 Å². The predicted octanol–water partition coefficient (Wildman–Crippen LogP) is 1.72. The van der Waals surface area contributed by atoms with Gasteiger partial charge in [0.15, 0.2) is 0 Å². The first kappa shape index (κ1) is 5.29. The van der Waals surface area contributed by atoms with Crippen molar-refractivity contribution in [1.29, 1.82) is 0 Å². The molecule has 0 aliphatic carbocycles. The number of hydrogen-bond donors (Lipinski definition) is 0. The van der Waals surface area contributed by atoms with E-state index < -0.39 is 0 Å². The molecule has 3 heteroatoms. The molecule has 1 radical (unpaired) electrons. The summed E-state index contributed by atoms with van der Waals surface area (Å²) in [5, 5.41) is 6.99. The van der Waals surface area contributed by atoms with Crippen molar-refractivity contribution in [1.82, 2.24) is 0 Å². The number of carbonyl (C=O) groups is 1. The normalized spacial score (nSPS) is 13.8. The fourth-order valence-electron chi connectivity index (χ4n) is 0.838. The van der Waals surface area contributed by atoms with Crippen molar-refractivity contribution < 1.29 is 4.79 Å². The molecule has 2 rings (SSSR count). The van der Waals surface area contributed by atoms with Crippen LogP contribution >= 0.6 is 0 Å². The number of fused-ring (bicyclic) bond motifs is 1. The average molecular weight is 131 g/mol. The molecule has 1 aromatic carbocycles. The van der Waals surface area contributed by atoms with Gasteiger partial charge in [0.05, 0.1) is 11.3 Å². The van der Waals surface area contributed by atoms with Gasteiger partial charge in [-0.2, -0.15) is 0 Å². The van der Waals surface area contributed by atoms with Crippen LogP contribution in [-0.2, 0) is 0 Å². The monoisotopic (exact) mass is 131 g/mol. The van der Waals surface area contributed by atoms with Crippen LogP contribution in [0.4, 0.5) is 5.69 Å². The third kappa shape index (κ3) is 0.572. The lowest BCUT2D eigenvalue weighted by Gasteiger charge is -1.87. The van der Waals surface area contributed by atoms with E-state index in [4.69, 9.17) is 0 Å². The highest BCUT2D eigenvalue weighted by molar-refractivity contribution is 6.01. The number of rotatable bonds is 0. The first-order valence-corrected chi connectivity index (χ1v) is 2.84. The minimum Gasteiger partial charge on any atom is -0.265 e. The molecule has 3 nitrogen and oxygen atoms in total. The molecule has 1 aliphatic heterocycles. The van der Waals surface area contributed by atoms with Crippen LogP contribution in [0.15, 0.2) is 28.4 Å². The second-order valence-electron chi connectivity index (χ2n) is 1.95. The van der Waals surface area contributed by atoms with Gasteiger partial charge in [-0.15, -0.1) is 10.2 Å². The van der Waals surface area contributed by atoms with Crippen molar-refractivity contribution in [2.75, 3.05) is 0 Å². The summed E-state index contributed by atoms with van der Waals surface area (Å²) < 4.78 is 0. The summed E-state index contributed by atoms with van der Waals surface area (Å²) in [6.45, 7) is 0. The minimum atomic E-state index is -0.260. The SMILES string of the molecule is O=C1N=Nc2c[c]ccc21. The second kappa shape index (κ2) is 1.73. The largest absolute Gasteiger partial charge is 0.297 e. The summed E-state index contributed by atoms with van der Waals surface area (Å²) >= 11 is 0. The van der Waals surface area contributed by atoms with E-state index in [9.17, 15) is 4.79 Å². The van der Waals surface area contributed by atoms with Gasteiger partial charge in [-0.05, 0) is 18.2 Å². The number of azo groups is 1. The molecule has 0 fully saturated rings. The lowest BCUT2D eigenvalue weighted by atomic mass is 10.2. The Bertz CT molecular complexity index is 317. The highest BCUT2D eigenvalue weighted by Gasteiger charge is 2.14. The van der Waals surface area contributed by atoms with Crippen molar-refractivity contribution in [3.63, 3.8) is 0 Å². The standard InChI is InChI=1S/C7H3N2O/c10-7-5-3-1-2-4-6(5)8-9-7/h1,3-4H. The first-order chi connectivity index (χ1) is 4.88. The quantitative estimate of drug-likeness (QED) is 0.528. The first-order valence-electron chi connectivity index (χ1n) is 2.84. The van der Waals surface area contributed by atoms with Crippen LogP contribution in [0.1, 0.15) is 10.4 Å². The Morgan fingerprint density at radius 2 is 2.30 bits per heavy atom. The van der Waals surface area contributed by atoms with Gasteiger partial charge in [0.1, 0.15) is 0 Å². The van der Waals surface area contributed by atoms with Crippen LogP contribution < -0.4 is 0 Å². The summed E-state index contributed by atoms with van der Waals surface area (Å²) in [7, 11) is 0. The van der Waals surface area contributed by atoms with E-state index >= 15 is 0 Å². The second-order valence-corrected chi connectivity index (χ2v) is 1.95. The van der Waals surface area contributed by atoms with E-state index in [0.717, 1.165) is 0 Å². The number of carbonyl (C=O) groups excluding carboxylic acids is 1. The Morgan fingerprint density at radius 1 is 1.40 bits per heavy atom. The van der Waals surface area contributed by atoms with Crippen molar-refractivity contribution in [3.05, 3.63) is 29.8 Å². The van der Waals surface area contributed by atoms with Gasteiger partial charge < -0.3 is 0 Å². The Hall–Kier alpha value is -1.51. The number of benzene rings is 1. The van der Waals surface area contributed by atoms with Gasteiger partial charge in [-0.1, -0.05) is 6.07 Å². The van der Waals surface area contributed by atoms with Gasteiger partial charge in [-0.25, -0.2) is 0 Å². The zero-order valence-electron chi connectivity index (χ0n) is 5.03. The van der Waals surface area contributed by atoms with E-state index in [1.54, 1.807) is 18.2 Å². The maximum absolute atomic E-state index is 10.8. The van der Waals surface area contributed by atoms with Gasteiger partial charge in [0, 0.05) is 0 Å². The highest BCUT2D eigenvalue weighted by Crippen LogP contribution is 2.24. The summed E-state index contributed by atoms with van der Waals surface area (Å²) in [5.74, 6) is -0.260. The zero-order valence-corrected chi connectivity index (χ0v) is 5.03. The Labute approximate surface area is 57.4 Å². The van der Waals surface area contributed by atoms with Gasteiger partial charge in [0.25, 0.3) is 5.91 Å². The molecular weight excluding hydrogens is 128 g/mol. The molecule has 0 saturated heterocycles. The fourth-order valence-corrected chi connectivity index (χ4v) is 0.838. The van der Waals surface area contributed by atoms with E-state index in [1.165, 1.54) is 0 Å². The van der Waals surface area contributed by atoms with Crippen LogP contribution in [-0.4, -0.2) is 5.91 Å². The van der Waals surface area contributed by atoms with Crippen molar-refractivity contribution >= 4 is 11.6 Å². The summed E-state index contributed by atoms with van der Waals surface area (Å²) in [6.07, 6.45) is 0. The fraction of sp³-hybridized carbons (Fsp3) is 0. The summed E-state index contributed by atoms with van der Waals surface area (Å²) in [4.78, 5) is 10.8. The molecule has 0 atom stereocenters. The molecular formula is C7H3N2O. The third-order valence-electron chi connectivity index (χ3n) is 1.32. The van der Waals surface area contributed by atoms with Gasteiger partial charge in [0.2, 0.25) is 0 Å². The number of nitrogens with zero attached hydrogens (tertiary/aromatic N) is 2. The molecule has 0 spiro atoms. The lowest BCUT2D eigenvalue weighted by molar-refractivity contribution is 0.100. The van der Waals surface area contributed by atoms with Gasteiger partial charge >= 0.3 is 0 Å². The van der Waals surface area contributed by atoms with Crippen molar-refractivity contribution in [3.8, 4) is 0 Å². The maximum Gasteiger partial charge on any atom is 0.297 e. The summed E-state index contributed by atoms with van der Waals surface area (Å²) in [6, 6.07) is 7.79. The highest BCUT2D eigenvalue weighted by atomic mass is 16.2. The molecule has 10 heavy (non-hydrogen) atoms. The molecule has 1 heterocycles. The smallest absolute Gasteiger partial charge is 0.265 e. The molecule has 47 valence electrons. The Morgan fingerprint density at radius 3 is 3.10 bits per heavy atom. The lowest BCUT2D eigenvalue weighted by Crippen LogP contribution is -1.86. The number of hydrogen-bond acceptors (Lipinski definition) is 2. The summed E-state index contributed by atoms with van der Waals surface area (Å²) in [5.41, 5.74) is 1.19. The van der Waals surface area contributed by atoms with Crippen LogP contribution in [0, 0.1) is 6.07 Å². The topological polar surface area (TPSA) is 41.8 Å². The van der Waals surface area contributed by atoms with Crippen molar-refractivity contribution in [2.45, 2.75) is 0 Å². The molecule has 0 unspecified atom stereocenters. The van der Waals surface area contributed by atoms with Crippen LogP contribution in [0.25, 0.3) is 0 Å². The molecule has 0 aromatic heterocycles. The zero-order chi connectivity index (χ0) is 6.97. The van der Waals surface area contributed by atoms with Crippen molar-refractivity contribution in [2.24, 2.45) is 10.2 Å².